The van der Waals surface area contributed by atoms with Crippen LogP contribution in [0.5, 0.6) is 17.2 Å². The van der Waals surface area contributed by atoms with Gasteiger partial charge < -0.3 is 28.8 Å². The first-order chi connectivity index (χ1) is 21.7. The number of ether oxygens (including phenoxy) is 3. The summed E-state index contributed by atoms with van der Waals surface area (Å²) in [4.78, 5) is 28.3. The van der Waals surface area contributed by atoms with Crippen LogP contribution in [0.15, 0.2) is 47.4 Å². The maximum Gasteiger partial charge on any atom is 0.254 e. The van der Waals surface area contributed by atoms with Gasteiger partial charge in [0.25, 0.3) is 5.56 Å². The van der Waals surface area contributed by atoms with Gasteiger partial charge in [-0.3, -0.25) is 9.59 Å². The van der Waals surface area contributed by atoms with Gasteiger partial charge in [0.2, 0.25) is 5.91 Å². The van der Waals surface area contributed by atoms with E-state index >= 15 is 0 Å². The van der Waals surface area contributed by atoms with Crippen LogP contribution in [0.2, 0.25) is 0 Å². The van der Waals surface area contributed by atoms with E-state index in [0.29, 0.717) is 58.2 Å². The molecule has 1 amide bonds. The second-order valence-corrected chi connectivity index (χ2v) is 13.8. The Labute approximate surface area is 271 Å². The van der Waals surface area contributed by atoms with Gasteiger partial charge in [-0.1, -0.05) is 13.0 Å². The van der Waals surface area contributed by atoms with Crippen LogP contribution in [0.25, 0.3) is 11.1 Å². The summed E-state index contributed by atoms with van der Waals surface area (Å²) in [6, 6.07) is 9.92. The minimum absolute atomic E-state index is 0.119. The predicted molar refractivity (Wildman–Crippen MR) is 176 cm³/mol. The van der Waals surface area contributed by atoms with E-state index in [1.165, 1.54) is 22.8 Å². The minimum atomic E-state index is -1.14. The maximum atomic E-state index is 14.1. The zero-order chi connectivity index (χ0) is 33.4. The van der Waals surface area contributed by atoms with Gasteiger partial charge in [0.15, 0.2) is 0 Å². The van der Waals surface area contributed by atoms with Crippen LogP contribution in [0.3, 0.4) is 0 Å². The number of rotatable bonds is 11. The van der Waals surface area contributed by atoms with E-state index in [1.54, 1.807) is 60.2 Å². The number of carbonyl (C=O) groups is 1. The average Bonchev–Trinajstić information content (AvgIpc) is 3.75. The van der Waals surface area contributed by atoms with Crippen LogP contribution in [0, 0.1) is 25.1 Å². The highest BCUT2D eigenvalue weighted by Gasteiger charge is 2.48. The highest BCUT2D eigenvalue weighted by atomic mass is 19.1. The number of aromatic nitrogens is 1. The number of methoxy groups -OCH3 is 1. The molecule has 248 valence electrons. The lowest BCUT2D eigenvalue weighted by molar-refractivity contribution is -0.140. The van der Waals surface area contributed by atoms with Crippen molar-refractivity contribution in [3.05, 3.63) is 75.5 Å². The Morgan fingerprint density at radius 3 is 2.28 bits per heavy atom. The molecule has 46 heavy (non-hydrogen) atoms. The normalized spacial score (nSPS) is 19.1. The molecule has 2 aromatic carbocycles. The highest BCUT2D eigenvalue weighted by Crippen LogP contribution is 2.47. The first kappa shape index (κ1) is 33.7. The van der Waals surface area contributed by atoms with Gasteiger partial charge in [-0.15, -0.1) is 0 Å². The first-order valence-electron chi connectivity index (χ1n) is 16.2. The van der Waals surface area contributed by atoms with Crippen LogP contribution in [0.4, 0.5) is 4.39 Å². The third-order valence-corrected chi connectivity index (χ3v) is 9.50. The Kier molecular flexibility index (Phi) is 9.66. The third-order valence-electron chi connectivity index (χ3n) is 9.50. The molecule has 2 aliphatic rings. The Morgan fingerprint density at radius 1 is 1.04 bits per heavy atom. The molecular weight excluding hydrogens is 587 g/mol. The molecule has 0 radical (unpaired) electrons. The van der Waals surface area contributed by atoms with Crippen LogP contribution in [0.1, 0.15) is 76.0 Å². The standard InChI is InChI=1S/C37H47FN2O6/c1-23-18-26(38)19-24(2)34(23)46-31-13-8-25(36(3,4)43)20-29(31)30-22-39(6)33(41)21-32(30)45-28-11-9-27(10-12-28)40(16-17-44-7)35(42)37(5)14-15-37/h8,13,18-22,27-28,43H,9-12,14-17H2,1-7H3. The highest BCUT2D eigenvalue weighted by molar-refractivity contribution is 5.85. The molecule has 8 nitrogen and oxygen atoms in total. The molecule has 5 rings (SSSR count). The number of carbonyl (C=O) groups excluding carboxylic acids is 1. The molecule has 0 aliphatic heterocycles. The van der Waals surface area contributed by atoms with Crippen LogP contribution < -0.4 is 15.0 Å². The van der Waals surface area contributed by atoms with Crippen molar-refractivity contribution in [2.24, 2.45) is 12.5 Å². The fourth-order valence-electron chi connectivity index (χ4n) is 6.33. The van der Waals surface area contributed by atoms with Crippen molar-refractivity contribution < 1.29 is 28.5 Å². The number of nitrogens with zero attached hydrogens (tertiary/aromatic N) is 2. The van der Waals surface area contributed by atoms with Gasteiger partial charge in [0.1, 0.15) is 23.1 Å². The molecule has 0 saturated heterocycles. The first-order valence-corrected chi connectivity index (χ1v) is 16.2. The van der Waals surface area contributed by atoms with Gasteiger partial charge in [0.05, 0.1) is 18.3 Å². The number of hydrogen-bond donors (Lipinski definition) is 1. The van der Waals surface area contributed by atoms with Crippen molar-refractivity contribution in [2.45, 2.75) is 90.9 Å². The third kappa shape index (κ3) is 7.31. The quantitative estimate of drug-likeness (QED) is 0.250. The second-order valence-electron chi connectivity index (χ2n) is 13.8. The molecule has 0 spiro atoms. The zero-order valence-electron chi connectivity index (χ0n) is 28.1. The fourth-order valence-corrected chi connectivity index (χ4v) is 6.33. The van der Waals surface area contributed by atoms with E-state index in [1.807, 2.05) is 17.9 Å². The summed E-state index contributed by atoms with van der Waals surface area (Å²) < 4.78 is 34.0. The lowest BCUT2D eigenvalue weighted by atomic mass is 9.90. The summed E-state index contributed by atoms with van der Waals surface area (Å²) in [6.07, 6.45) is 6.49. The zero-order valence-corrected chi connectivity index (χ0v) is 28.1. The molecule has 0 unspecified atom stereocenters. The van der Waals surface area contributed by atoms with Crippen molar-refractivity contribution in [3.8, 4) is 28.4 Å². The summed E-state index contributed by atoms with van der Waals surface area (Å²) in [5, 5.41) is 10.9. The molecule has 3 aromatic rings. The number of aliphatic hydroxyl groups is 1. The Balaban J connectivity index is 1.46. The molecule has 0 atom stereocenters. The molecule has 2 saturated carbocycles. The van der Waals surface area contributed by atoms with Crippen LogP contribution >= 0.6 is 0 Å². The van der Waals surface area contributed by atoms with Gasteiger partial charge in [-0.2, -0.15) is 0 Å². The van der Waals surface area contributed by atoms with Crippen LogP contribution in [-0.2, 0) is 22.2 Å². The molecule has 0 bridgehead atoms. The summed E-state index contributed by atoms with van der Waals surface area (Å²) in [6.45, 7) is 10.1. The molecule has 1 N–H and O–H groups in total. The van der Waals surface area contributed by atoms with Crippen molar-refractivity contribution in [2.75, 3.05) is 20.3 Å². The van der Waals surface area contributed by atoms with E-state index in [4.69, 9.17) is 14.2 Å². The topological polar surface area (TPSA) is 90.2 Å². The average molecular weight is 635 g/mol. The van der Waals surface area contributed by atoms with E-state index in [9.17, 15) is 19.1 Å². The smallest absolute Gasteiger partial charge is 0.254 e. The van der Waals surface area contributed by atoms with Gasteiger partial charge >= 0.3 is 0 Å². The van der Waals surface area contributed by atoms with Crippen molar-refractivity contribution in [1.82, 2.24) is 9.47 Å². The second kappa shape index (κ2) is 13.2. The monoisotopic (exact) mass is 634 g/mol. The SMILES string of the molecule is COCCN(C(=O)C1(C)CC1)C1CCC(Oc2cc(=O)n(C)cc2-c2cc(C(C)(C)O)ccc2Oc2c(C)cc(F)cc2C)CC1. The molecule has 1 aromatic heterocycles. The summed E-state index contributed by atoms with van der Waals surface area (Å²) in [5.74, 6) is 1.33. The van der Waals surface area contributed by atoms with Crippen molar-refractivity contribution >= 4 is 5.91 Å². The number of pyridine rings is 1. The number of aryl methyl sites for hydroxylation is 3. The fraction of sp³-hybridized carbons (Fsp3) is 0.514. The number of benzene rings is 2. The lowest BCUT2D eigenvalue weighted by Gasteiger charge is -2.38. The number of hydrogen-bond acceptors (Lipinski definition) is 6. The van der Waals surface area contributed by atoms with E-state index in [-0.39, 0.29) is 34.8 Å². The molecule has 1 heterocycles. The van der Waals surface area contributed by atoms with Crippen LogP contribution in [-0.4, -0.2) is 52.9 Å². The predicted octanol–water partition coefficient (Wildman–Crippen LogP) is 6.79. The Bertz CT molecular complexity index is 1620. The van der Waals surface area contributed by atoms with Gasteiger partial charge in [-0.25, -0.2) is 4.39 Å². The van der Waals surface area contributed by atoms with Gasteiger partial charge in [-0.05, 0) is 107 Å². The van der Waals surface area contributed by atoms with Crippen molar-refractivity contribution in [3.63, 3.8) is 0 Å². The Hall–Kier alpha value is -3.69. The lowest BCUT2D eigenvalue weighted by Crippen LogP contribution is -2.47. The van der Waals surface area contributed by atoms with Crippen molar-refractivity contribution in [1.29, 1.82) is 0 Å². The summed E-state index contributed by atoms with van der Waals surface area (Å²) in [7, 11) is 3.34. The van der Waals surface area contributed by atoms with E-state index in [0.717, 1.165) is 38.5 Å². The maximum absolute atomic E-state index is 14.1. The van der Waals surface area contributed by atoms with E-state index in [2.05, 4.69) is 0 Å². The molecule has 9 heteroatoms. The van der Waals surface area contributed by atoms with Gasteiger partial charge in [0, 0.05) is 55.5 Å². The minimum Gasteiger partial charge on any atom is -0.490 e. The molecule has 2 fully saturated rings. The molecular formula is C37H47FN2O6. The molecule has 2 aliphatic carbocycles. The number of amides is 1. The summed E-state index contributed by atoms with van der Waals surface area (Å²) >= 11 is 0. The Morgan fingerprint density at radius 2 is 1.70 bits per heavy atom. The number of halogens is 1. The van der Waals surface area contributed by atoms with E-state index < -0.39 is 5.60 Å². The largest absolute Gasteiger partial charge is 0.490 e. The summed E-state index contributed by atoms with van der Waals surface area (Å²) in [5.41, 5.74) is 1.63.